The van der Waals surface area contributed by atoms with Gasteiger partial charge in [0.15, 0.2) is 5.67 Å². The molecule has 38 heavy (non-hydrogen) atoms. The van der Waals surface area contributed by atoms with Gasteiger partial charge in [0.1, 0.15) is 6.54 Å². The summed E-state index contributed by atoms with van der Waals surface area (Å²) >= 11 is 0. The molecule has 0 spiro atoms. The molecule has 3 aromatic rings. The van der Waals surface area contributed by atoms with Gasteiger partial charge in [0.05, 0.1) is 24.4 Å². The van der Waals surface area contributed by atoms with Gasteiger partial charge in [-0.3, -0.25) is 19.8 Å². The van der Waals surface area contributed by atoms with E-state index in [1.807, 2.05) is 0 Å². The van der Waals surface area contributed by atoms with Crippen LogP contribution < -0.4 is 5.48 Å². The molecule has 1 fully saturated rings. The number of likely N-dealkylation sites (tertiary alicyclic amines) is 1. The lowest BCUT2D eigenvalue weighted by Gasteiger charge is -2.44. The third-order valence-corrected chi connectivity index (χ3v) is 6.51. The SMILES string of the molecule is O=C(Cn1cccn1)N1CC(F)(c2ccc(C3=CC(c4cccc(C(F)(F)F)c4)(C(F)(F)F)ON3)cc2)C1. The van der Waals surface area contributed by atoms with Crippen LogP contribution in [0, 0.1) is 0 Å². The molecular weight excluding hydrogens is 521 g/mol. The van der Waals surface area contributed by atoms with Crippen molar-refractivity contribution in [1.29, 1.82) is 0 Å². The van der Waals surface area contributed by atoms with Crippen LogP contribution in [-0.2, 0) is 33.6 Å². The predicted molar refractivity (Wildman–Crippen MR) is 119 cm³/mol. The number of carbonyl (C=O) groups excluding carboxylic acids is 1. The Morgan fingerprint density at radius 3 is 2.32 bits per heavy atom. The Balaban J connectivity index is 1.35. The zero-order chi connectivity index (χ0) is 27.3. The van der Waals surface area contributed by atoms with Crippen molar-refractivity contribution in [3.8, 4) is 0 Å². The Kier molecular flexibility index (Phi) is 6.01. The van der Waals surface area contributed by atoms with E-state index >= 15 is 4.39 Å². The average molecular weight is 540 g/mol. The summed E-state index contributed by atoms with van der Waals surface area (Å²) in [6.07, 6.45) is -6.17. The van der Waals surface area contributed by atoms with Gasteiger partial charge in [-0.05, 0) is 35.4 Å². The van der Waals surface area contributed by atoms with Crippen LogP contribution in [0.3, 0.4) is 0 Å². The monoisotopic (exact) mass is 540 g/mol. The number of hydroxylamine groups is 1. The largest absolute Gasteiger partial charge is 0.428 e. The van der Waals surface area contributed by atoms with E-state index in [0.717, 1.165) is 12.1 Å². The standard InChI is InChI=1S/C25H19F7N4O2/c26-22(14-35(15-22)21(37)13-36-10-2-9-33-36)17-7-5-16(6-8-17)20-12-23(38-34-20,25(30,31)32)18-3-1-4-19(11-18)24(27,28)29/h1-12,34H,13-15H2. The topological polar surface area (TPSA) is 59.4 Å². The molecule has 1 atom stereocenters. The predicted octanol–water partition coefficient (Wildman–Crippen LogP) is 4.94. The van der Waals surface area contributed by atoms with Crippen LogP contribution in [0.5, 0.6) is 0 Å². The highest BCUT2D eigenvalue weighted by atomic mass is 19.4. The van der Waals surface area contributed by atoms with Crippen molar-refractivity contribution >= 4 is 11.6 Å². The van der Waals surface area contributed by atoms with Crippen LogP contribution >= 0.6 is 0 Å². The molecule has 1 unspecified atom stereocenters. The summed E-state index contributed by atoms with van der Waals surface area (Å²) in [4.78, 5) is 18.5. The molecule has 0 saturated carbocycles. The minimum atomic E-state index is -5.10. The van der Waals surface area contributed by atoms with Crippen molar-refractivity contribution in [2.45, 2.75) is 30.2 Å². The van der Waals surface area contributed by atoms with E-state index in [2.05, 4.69) is 10.6 Å². The van der Waals surface area contributed by atoms with Crippen LogP contribution in [0.2, 0.25) is 0 Å². The van der Waals surface area contributed by atoms with Crippen molar-refractivity contribution < 1.29 is 40.4 Å². The summed E-state index contributed by atoms with van der Waals surface area (Å²) in [7, 11) is 0. The Morgan fingerprint density at radius 2 is 1.71 bits per heavy atom. The third-order valence-electron chi connectivity index (χ3n) is 6.51. The van der Waals surface area contributed by atoms with Gasteiger partial charge >= 0.3 is 12.4 Å². The summed E-state index contributed by atoms with van der Waals surface area (Å²) in [5.74, 6) is -0.311. The summed E-state index contributed by atoms with van der Waals surface area (Å²) in [5, 5.41) is 3.93. The molecule has 5 rings (SSSR count). The van der Waals surface area contributed by atoms with Crippen molar-refractivity contribution in [3.63, 3.8) is 0 Å². The van der Waals surface area contributed by atoms with E-state index in [-0.39, 0.29) is 42.4 Å². The number of amides is 1. The Morgan fingerprint density at radius 1 is 1.00 bits per heavy atom. The Labute approximate surface area is 211 Å². The number of nitrogens with one attached hydrogen (secondary N) is 1. The summed E-state index contributed by atoms with van der Waals surface area (Å²) < 4.78 is 98.6. The minimum Gasteiger partial charge on any atom is -0.334 e. The quantitative estimate of drug-likeness (QED) is 0.466. The Hall–Kier alpha value is -3.87. The maximum absolute atomic E-state index is 15.4. The van der Waals surface area contributed by atoms with Crippen LogP contribution in [-0.4, -0.2) is 39.9 Å². The fourth-order valence-corrected chi connectivity index (χ4v) is 4.41. The number of nitrogens with zero attached hydrogens (tertiary/aromatic N) is 3. The summed E-state index contributed by atoms with van der Waals surface area (Å²) in [6.45, 7) is -0.416. The average Bonchev–Trinajstić information content (AvgIpc) is 3.52. The van der Waals surface area contributed by atoms with Gasteiger partial charge in [0.25, 0.3) is 0 Å². The Bertz CT molecular complexity index is 1360. The number of rotatable bonds is 5. The fraction of sp³-hybridized carbons (Fsp3) is 0.280. The highest BCUT2D eigenvalue weighted by molar-refractivity contribution is 5.77. The number of hydrogen-bond acceptors (Lipinski definition) is 4. The normalized spacial score (nSPS) is 21.0. The molecule has 0 aliphatic carbocycles. The molecule has 2 aliphatic heterocycles. The first-order valence-electron chi connectivity index (χ1n) is 11.3. The molecule has 1 amide bonds. The van der Waals surface area contributed by atoms with Crippen LogP contribution in [0.25, 0.3) is 5.70 Å². The van der Waals surface area contributed by atoms with Gasteiger partial charge in [0, 0.05) is 18.0 Å². The van der Waals surface area contributed by atoms with Gasteiger partial charge < -0.3 is 4.90 Å². The number of hydrogen-bond donors (Lipinski definition) is 1. The lowest BCUT2D eigenvalue weighted by molar-refractivity contribution is -0.269. The maximum atomic E-state index is 15.4. The zero-order valence-corrected chi connectivity index (χ0v) is 19.4. The van der Waals surface area contributed by atoms with Gasteiger partial charge in [-0.2, -0.15) is 31.4 Å². The third kappa shape index (κ3) is 4.51. The molecule has 0 bridgehead atoms. The molecular formula is C25H19F7N4O2. The molecule has 1 N–H and O–H groups in total. The first-order chi connectivity index (χ1) is 17.8. The van der Waals surface area contributed by atoms with Crippen molar-refractivity contribution in [3.05, 3.63) is 95.3 Å². The maximum Gasteiger partial charge on any atom is 0.428 e. The number of carbonyl (C=O) groups is 1. The molecule has 2 aromatic carbocycles. The van der Waals surface area contributed by atoms with Crippen LogP contribution in [0.4, 0.5) is 30.7 Å². The molecule has 1 aromatic heterocycles. The van der Waals surface area contributed by atoms with E-state index < -0.39 is 34.7 Å². The highest BCUT2D eigenvalue weighted by Crippen LogP contribution is 2.48. The second-order valence-electron chi connectivity index (χ2n) is 9.07. The van der Waals surface area contributed by atoms with Gasteiger partial charge in [-0.25, -0.2) is 4.39 Å². The van der Waals surface area contributed by atoms with Crippen molar-refractivity contribution in [2.24, 2.45) is 0 Å². The lowest BCUT2D eigenvalue weighted by atomic mass is 9.86. The molecule has 13 heteroatoms. The number of halogens is 7. The molecule has 0 radical (unpaired) electrons. The molecule has 200 valence electrons. The number of benzene rings is 2. The number of alkyl halides is 7. The van der Waals surface area contributed by atoms with Crippen LogP contribution in [0.15, 0.2) is 73.1 Å². The van der Waals surface area contributed by atoms with E-state index in [1.54, 1.807) is 12.3 Å². The summed E-state index contributed by atoms with van der Waals surface area (Å²) in [5.41, 5.74) is -4.58. The highest BCUT2D eigenvalue weighted by Gasteiger charge is 2.60. The van der Waals surface area contributed by atoms with Crippen molar-refractivity contribution in [1.82, 2.24) is 20.2 Å². The zero-order valence-electron chi connectivity index (χ0n) is 19.4. The van der Waals surface area contributed by atoms with E-state index in [0.29, 0.717) is 18.2 Å². The van der Waals surface area contributed by atoms with E-state index in [4.69, 9.17) is 4.84 Å². The van der Waals surface area contributed by atoms with Crippen LogP contribution in [0.1, 0.15) is 22.3 Å². The first-order valence-corrected chi connectivity index (χ1v) is 11.3. The molecule has 1 saturated heterocycles. The van der Waals surface area contributed by atoms with Gasteiger partial charge in [-0.1, -0.05) is 36.4 Å². The minimum absolute atomic E-state index is 0.0331. The lowest BCUT2D eigenvalue weighted by Crippen LogP contribution is -2.59. The van der Waals surface area contributed by atoms with Gasteiger partial charge in [-0.15, -0.1) is 0 Å². The number of aromatic nitrogens is 2. The summed E-state index contributed by atoms with van der Waals surface area (Å²) in [6, 6.07) is 9.98. The van der Waals surface area contributed by atoms with Gasteiger partial charge in [0.2, 0.25) is 11.5 Å². The fourth-order valence-electron chi connectivity index (χ4n) is 4.41. The van der Waals surface area contributed by atoms with E-state index in [1.165, 1.54) is 40.0 Å². The molecule has 3 heterocycles. The second kappa shape index (κ2) is 8.86. The first kappa shape index (κ1) is 25.8. The molecule has 6 nitrogen and oxygen atoms in total. The molecule has 2 aliphatic rings. The smallest absolute Gasteiger partial charge is 0.334 e. The second-order valence-corrected chi connectivity index (χ2v) is 9.07. The van der Waals surface area contributed by atoms with Crippen molar-refractivity contribution in [2.75, 3.05) is 13.1 Å². The van der Waals surface area contributed by atoms with E-state index in [9.17, 15) is 31.1 Å².